The number of amides is 1. The maximum atomic E-state index is 13.9. The molecule has 1 saturated carbocycles. The van der Waals surface area contributed by atoms with Gasteiger partial charge in [-0.3, -0.25) is 10.1 Å². The largest absolute Gasteiger partial charge is 0.407 e. The van der Waals surface area contributed by atoms with Crippen LogP contribution < -0.4 is 10.6 Å². The minimum Gasteiger partial charge on any atom is -0.336 e. The Morgan fingerprint density at radius 2 is 1.76 bits per heavy atom. The van der Waals surface area contributed by atoms with Gasteiger partial charge in [0.05, 0.1) is 26.8 Å². The number of halogens is 5. The fraction of sp³-hybridized carbons (Fsp3) is 0.333. The molecule has 1 aliphatic carbocycles. The molecule has 0 aliphatic heterocycles. The number of alkyl halides is 3. The van der Waals surface area contributed by atoms with Gasteiger partial charge in [0.1, 0.15) is 17.6 Å². The molecule has 1 unspecified atom stereocenters. The topological polar surface area (TPSA) is 99.1 Å². The van der Waals surface area contributed by atoms with Crippen LogP contribution in [0.4, 0.5) is 13.2 Å². The van der Waals surface area contributed by atoms with E-state index in [4.69, 9.17) is 23.2 Å². The Balaban J connectivity index is 1.95. The van der Waals surface area contributed by atoms with Gasteiger partial charge in [0.2, 0.25) is 5.91 Å². The normalized spacial score (nSPS) is 17.0. The van der Waals surface area contributed by atoms with Crippen LogP contribution in [0, 0.1) is 11.3 Å². The second-order valence-corrected chi connectivity index (χ2v) is 10.5. The molecule has 0 bridgehead atoms. The minimum absolute atomic E-state index is 0.0643. The third kappa shape index (κ3) is 6.18. The van der Waals surface area contributed by atoms with Crippen molar-refractivity contribution in [2.24, 2.45) is 0 Å². The summed E-state index contributed by atoms with van der Waals surface area (Å²) in [6.45, 7) is 0. The van der Waals surface area contributed by atoms with Crippen molar-refractivity contribution in [3.8, 4) is 6.07 Å². The van der Waals surface area contributed by atoms with Crippen LogP contribution in [0.1, 0.15) is 24.4 Å². The van der Waals surface area contributed by atoms with E-state index in [0.717, 1.165) is 12.1 Å². The number of carbonyl (C=O) groups excluding carboxylic acids is 1. The number of nitriles is 1. The molecule has 0 saturated heterocycles. The summed E-state index contributed by atoms with van der Waals surface area (Å²) in [6.07, 6.45) is -4.19. The summed E-state index contributed by atoms with van der Waals surface area (Å²) in [7, 11) is -4.28. The number of carbonyl (C=O) groups is 1. The summed E-state index contributed by atoms with van der Waals surface area (Å²) in [5.41, 5.74) is -1.40. The molecule has 12 heteroatoms. The Labute approximate surface area is 198 Å². The van der Waals surface area contributed by atoms with Crippen molar-refractivity contribution in [3.05, 3.63) is 64.1 Å². The fourth-order valence-electron chi connectivity index (χ4n) is 3.12. The van der Waals surface area contributed by atoms with E-state index in [1.165, 1.54) is 36.4 Å². The lowest BCUT2D eigenvalue weighted by Crippen LogP contribution is -2.54. The monoisotopic (exact) mass is 519 g/mol. The number of hydrogen-bond donors (Lipinski definition) is 2. The van der Waals surface area contributed by atoms with E-state index in [1.807, 2.05) is 6.07 Å². The zero-order valence-corrected chi connectivity index (χ0v) is 19.2. The molecule has 33 heavy (non-hydrogen) atoms. The first kappa shape index (κ1) is 25.3. The van der Waals surface area contributed by atoms with Gasteiger partial charge < -0.3 is 5.32 Å². The van der Waals surface area contributed by atoms with Gasteiger partial charge in [-0.05, 0) is 36.6 Å². The number of sulfone groups is 1. The highest BCUT2D eigenvalue weighted by molar-refractivity contribution is 7.91. The van der Waals surface area contributed by atoms with Crippen LogP contribution in [0.3, 0.4) is 0 Å². The van der Waals surface area contributed by atoms with Crippen LogP contribution in [-0.2, 0) is 14.6 Å². The summed E-state index contributed by atoms with van der Waals surface area (Å²) >= 11 is 11.7. The third-order valence-electron chi connectivity index (χ3n) is 5.11. The van der Waals surface area contributed by atoms with Crippen LogP contribution in [-0.4, -0.2) is 37.8 Å². The fourth-order valence-corrected chi connectivity index (χ4v) is 4.94. The maximum Gasteiger partial charge on any atom is 0.407 e. The molecule has 2 aromatic rings. The predicted molar refractivity (Wildman–Crippen MR) is 116 cm³/mol. The van der Waals surface area contributed by atoms with E-state index >= 15 is 0 Å². The van der Waals surface area contributed by atoms with Crippen molar-refractivity contribution in [1.82, 2.24) is 10.6 Å². The third-order valence-corrected chi connectivity index (χ3v) is 7.59. The molecule has 1 aliphatic rings. The molecule has 2 N–H and O–H groups in total. The van der Waals surface area contributed by atoms with E-state index in [2.05, 4.69) is 10.6 Å². The molecule has 0 aromatic heterocycles. The molecule has 1 amide bonds. The van der Waals surface area contributed by atoms with Crippen LogP contribution in [0.25, 0.3) is 0 Å². The lowest BCUT2D eigenvalue weighted by Gasteiger charge is -2.28. The predicted octanol–water partition coefficient (Wildman–Crippen LogP) is 4.20. The highest BCUT2D eigenvalue weighted by atomic mass is 35.5. The first-order valence-electron chi connectivity index (χ1n) is 9.66. The molecule has 0 radical (unpaired) electrons. The molecule has 1 fully saturated rings. The Bertz CT molecular complexity index is 1180. The van der Waals surface area contributed by atoms with Gasteiger partial charge in [-0.1, -0.05) is 53.5 Å². The van der Waals surface area contributed by atoms with Crippen LogP contribution >= 0.6 is 23.2 Å². The summed E-state index contributed by atoms with van der Waals surface area (Å²) in [6, 6.07) is 7.94. The average molecular weight is 520 g/mol. The number of nitrogens with zero attached hydrogens (tertiary/aromatic N) is 1. The summed E-state index contributed by atoms with van der Waals surface area (Å²) < 4.78 is 67.5. The van der Waals surface area contributed by atoms with E-state index in [1.54, 1.807) is 0 Å². The van der Waals surface area contributed by atoms with Crippen molar-refractivity contribution in [1.29, 1.82) is 5.26 Å². The lowest BCUT2D eigenvalue weighted by molar-refractivity contribution is -0.160. The van der Waals surface area contributed by atoms with Gasteiger partial charge in [0.15, 0.2) is 9.84 Å². The number of nitrogens with one attached hydrogen (secondary N) is 2. The van der Waals surface area contributed by atoms with Crippen molar-refractivity contribution < 1.29 is 26.4 Å². The Morgan fingerprint density at radius 1 is 1.12 bits per heavy atom. The lowest BCUT2D eigenvalue weighted by atomic mass is 10.1. The van der Waals surface area contributed by atoms with E-state index in [9.17, 15) is 31.6 Å². The number of rotatable bonds is 8. The first-order chi connectivity index (χ1) is 15.4. The van der Waals surface area contributed by atoms with E-state index in [0.29, 0.717) is 12.8 Å². The molecule has 2 aromatic carbocycles. The zero-order chi connectivity index (χ0) is 24.4. The number of benzene rings is 2. The molecule has 2 atom stereocenters. The quantitative estimate of drug-likeness (QED) is 0.544. The van der Waals surface area contributed by atoms with Crippen molar-refractivity contribution >= 4 is 38.9 Å². The van der Waals surface area contributed by atoms with Gasteiger partial charge in [-0.15, -0.1) is 0 Å². The van der Waals surface area contributed by atoms with Gasteiger partial charge >= 0.3 is 6.18 Å². The Hall–Kier alpha value is -2.32. The minimum atomic E-state index is -4.83. The maximum absolute atomic E-state index is 13.9. The first-order valence-corrected chi connectivity index (χ1v) is 12.1. The van der Waals surface area contributed by atoms with Gasteiger partial charge in [-0.25, -0.2) is 8.42 Å². The number of hydrogen-bond acceptors (Lipinski definition) is 5. The molecule has 6 nitrogen and oxygen atoms in total. The highest BCUT2D eigenvalue weighted by Crippen LogP contribution is 2.36. The molecular formula is C21H18Cl2F3N3O3S. The van der Waals surface area contributed by atoms with Crippen molar-refractivity contribution in [2.75, 3.05) is 5.75 Å². The SMILES string of the molecule is N#CC1(NC(=O)C(CS(=O)(=O)c2ccc(Cl)c(Cl)c2)N[C@@H](c2ccccc2)C(F)(F)F)CC1. The van der Waals surface area contributed by atoms with Crippen LogP contribution in [0.15, 0.2) is 53.4 Å². The standard InChI is InChI=1S/C21H18Cl2F3N3O3S/c22-15-7-6-14(10-16(15)23)33(31,32)11-17(19(30)29-20(12-27)8-9-20)28-18(21(24,25)26)13-4-2-1-3-5-13/h1-7,10,17-18,28H,8-9,11H2,(H,29,30)/t17?,18-/m0/s1. The summed E-state index contributed by atoms with van der Waals surface area (Å²) in [5, 5.41) is 13.8. The van der Waals surface area contributed by atoms with Gasteiger partial charge in [-0.2, -0.15) is 18.4 Å². The van der Waals surface area contributed by atoms with Gasteiger partial charge in [0.25, 0.3) is 0 Å². The van der Waals surface area contributed by atoms with Crippen LogP contribution in [0.2, 0.25) is 10.0 Å². The van der Waals surface area contributed by atoms with E-state index in [-0.39, 0.29) is 20.5 Å². The van der Waals surface area contributed by atoms with Crippen LogP contribution in [0.5, 0.6) is 0 Å². The Morgan fingerprint density at radius 3 is 2.27 bits per heavy atom. The molecule has 176 valence electrons. The average Bonchev–Trinajstić information content (AvgIpc) is 3.52. The van der Waals surface area contributed by atoms with E-state index < -0.39 is 45.3 Å². The summed E-state index contributed by atoms with van der Waals surface area (Å²) in [5.74, 6) is -2.03. The zero-order valence-electron chi connectivity index (χ0n) is 16.9. The second-order valence-electron chi connectivity index (χ2n) is 7.65. The molecule has 3 rings (SSSR count). The molecular weight excluding hydrogens is 502 g/mol. The summed E-state index contributed by atoms with van der Waals surface area (Å²) in [4.78, 5) is 12.6. The molecule has 0 spiro atoms. The Kier molecular flexibility index (Phi) is 7.29. The van der Waals surface area contributed by atoms with Crippen molar-refractivity contribution in [3.63, 3.8) is 0 Å². The van der Waals surface area contributed by atoms with Crippen molar-refractivity contribution in [2.45, 2.75) is 41.5 Å². The smallest absolute Gasteiger partial charge is 0.336 e. The highest BCUT2D eigenvalue weighted by Gasteiger charge is 2.48. The van der Waals surface area contributed by atoms with Gasteiger partial charge in [0, 0.05) is 0 Å². The second kappa shape index (κ2) is 9.50. The molecule has 0 heterocycles.